The lowest BCUT2D eigenvalue weighted by atomic mass is 9.99. The summed E-state index contributed by atoms with van der Waals surface area (Å²) in [7, 11) is 0. The van der Waals surface area contributed by atoms with Crippen molar-refractivity contribution in [2.24, 2.45) is 0 Å². The molecule has 0 unspecified atom stereocenters. The van der Waals surface area contributed by atoms with Gasteiger partial charge in [-0.25, -0.2) is 9.78 Å². The standard InChI is InChI=1S/C25H29N5O3S/c31-25(28-19-15-33-16-19)30-5-3-17(4-6-30)22-13-27-24-21(22)11-18(12-26-24)23-2-1-20(34-23)14-29-7-9-32-10-8-29/h1-3,11-13,19H,4-10,14-16H2,(H,26,27)(H,28,31). The summed E-state index contributed by atoms with van der Waals surface area (Å²) in [4.78, 5) is 27.4. The molecule has 2 fully saturated rings. The first-order chi connectivity index (χ1) is 16.7. The number of ether oxygens (including phenoxy) is 2. The first-order valence-corrected chi connectivity index (χ1v) is 12.7. The van der Waals surface area contributed by atoms with Crippen molar-refractivity contribution in [1.29, 1.82) is 0 Å². The molecule has 6 heterocycles. The van der Waals surface area contributed by atoms with Crippen molar-refractivity contribution < 1.29 is 14.3 Å². The topological polar surface area (TPSA) is 82.7 Å². The number of nitrogens with one attached hydrogen (secondary N) is 2. The van der Waals surface area contributed by atoms with E-state index in [2.05, 4.69) is 39.5 Å². The van der Waals surface area contributed by atoms with Gasteiger partial charge in [-0.2, -0.15) is 0 Å². The third kappa shape index (κ3) is 4.48. The van der Waals surface area contributed by atoms with Crippen LogP contribution in [0, 0.1) is 0 Å². The Hall–Kier alpha value is -2.72. The number of carbonyl (C=O) groups excluding carboxylic acids is 1. The fourth-order valence-corrected chi connectivity index (χ4v) is 5.72. The average Bonchev–Trinajstić information content (AvgIpc) is 3.49. The molecule has 0 aliphatic carbocycles. The number of urea groups is 1. The molecule has 3 aromatic rings. The monoisotopic (exact) mass is 479 g/mol. The van der Waals surface area contributed by atoms with Gasteiger partial charge in [-0.05, 0) is 30.2 Å². The molecule has 2 saturated heterocycles. The molecule has 178 valence electrons. The number of rotatable bonds is 5. The van der Waals surface area contributed by atoms with E-state index >= 15 is 0 Å². The minimum atomic E-state index is -0.00272. The Kier molecular flexibility index (Phi) is 6.09. The van der Waals surface area contributed by atoms with Crippen LogP contribution in [0.2, 0.25) is 0 Å². The van der Waals surface area contributed by atoms with Gasteiger partial charge >= 0.3 is 6.03 Å². The van der Waals surface area contributed by atoms with Crippen molar-refractivity contribution in [1.82, 2.24) is 25.1 Å². The molecule has 0 spiro atoms. The second kappa shape index (κ2) is 9.50. The fourth-order valence-electron chi connectivity index (χ4n) is 4.68. The largest absolute Gasteiger partial charge is 0.379 e. The second-order valence-corrected chi connectivity index (χ2v) is 10.3. The first kappa shape index (κ1) is 21.8. The van der Waals surface area contributed by atoms with Crippen LogP contribution in [-0.4, -0.2) is 84.4 Å². The summed E-state index contributed by atoms with van der Waals surface area (Å²) in [5.41, 5.74) is 4.49. The first-order valence-electron chi connectivity index (χ1n) is 11.9. The van der Waals surface area contributed by atoms with E-state index in [0.29, 0.717) is 26.3 Å². The molecule has 34 heavy (non-hydrogen) atoms. The van der Waals surface area contributed by atoms with Crippen molar-refractivity contribution in [3.8, 4) is 10.4 Å². The van der Waals surface area contributed by atoms with E-state index < -0.39 is 0 Å². The highest BCUT2D eigenvalue weighted by Crippen LogP contribution is 2.34. The number of thiophene rings is 1. The number of nitrogens with zero attached hydrogens (tertiary/aromatic N) is 3. The number of H-pyrrole nitrogens is 1. The SMILES string of the molecule is O=C(NC1COC1)N1CC=C(c2c[nH]c3ncc(-c4ccc(CN5CCOCC5)s4)cc23)CC1. The molecular weight excluding hydrogens is 450 g/mol. The predicted octanol–water partition coefficient (Wildman–Crippen LogP) is 3.32. The van der Waals surface area contributed by atoms with Crippen molar-refractivity contribution in [3.05, 3.63) is 47.1 Å². The van der Waals surface area contributed by atoms with Gasteiger partial charge in [-0.15, -0.1) is 11.3 Å². The molecular formula is C25H29N5O3S. The molecule has 6 rings (SSSR count). The smallest absolute Gasteiger partial charge is 0.318 e. The lowest BCUT2D eigenvalue weighted by Crippen LogP contribution is -2.53. The van der Waals surface area contributed by atoms with Crippen LogP contribution in [0.15, 0.2) is 36.7 Å². The molecule has 3 aliphatic heterocycles. The molecule has 2 N–H and O–H groups in total. The van der Waals surface area contributed by atoms with Gasteiger partial charge in [0.25, 0.3) is 0 Å². The molecule has 9 heteroatoms. The average molecular weight is 480 g/mol. The number of carbonyl (C=O) groups is 1. The number of hydrogen-bond acceptors (Lipinski definition) is 6. The summed E-state index contributed by atoms with van der Waals surface area (Å²) in [6.07, 6.45) is 7.00. The molecule has 3 aromatic heterocycles. The van der Waals surface area contributed by atoms with E-state index in [-0.39, 0.29) is 12.1 Å². The van der Waals surface area contributed by atoms with Gasteiger partial charge in [0.15, 0.2) is 0 Å². The minimum absolute atomic E-state index is 0.00272. The summed E-state index contributed by atoms with van der Waals surface area (Å²) in [6.45, 7) is 7.17. The number of hydrogen-bond donors (Lipinski definition) is 2. The van der Waals surface area contributed by atoms with E-state index in [1.165, 1.54) is 20.9 Å². The van der Waals surface area contributed by atoms with E-state index in [1.54, 1.807) is 0 Å². The van der Waals surface area contributed by atoms with Crippen molar-refractivity contribution in [2.75, 3.05) is 52.6 Å². The highest BCUT2D eigenvalue weighted by atomic mass is 32.1. The van der Waals surface area contributed by atoms with E-state index in [0.717, 1.165) is 55.9 Å². The maximum atomic E-state index is 12.4. The van der Waals surface area contributed by atoms with Crippen LogP contribution in [0.5, 0.6) is 0 Å². The van der Waals surface area contributed by atoms with Crippen LogP contribution >= 0.6 is 11.3 Å². The predicted molar refractivity (Wildman–Crippen MR) is 133 cm³/mol. The van der Waals surface area contributed by atoms with Crippen molar-refractivity contribution in [2.45, 2.75) is 19.0 Å². The normalized spacial score (nSPS) is 19.8. The number of pyridine rings is 1. The molecule has 0 bridgehead atoms. The van der Waals surface area contributed by atoms with Crippen LogP contribution in [0.25, 0.3) is 27.0 Å². The Labute approximate surface area is 202 Å². The summed E-state index contributed by atoms with van der Waals surface area (Å²) in [6, 6.07) is 6.84. The summed E-state index contributed by atoms with van der Waals surface area (Å²) in [5.74, 6) is 0. The highest BCUT2D eigenvalue weighted by molar-refractivity contribution is 7.15. The van der Waals surface area contributed by atoms with Crippen LogP contribution in [0.4, 0.5) is 4.79 Å². The third-order valence-electron chi connectivity index (χ3n) is 6.77. The van der Waals surface area contributed by atoms with E-state index in [4.69, 9.17) is 14.5 Å². The Morgan fingerprint density at radius 1 is 1.21 bits per heavy atom. The summed E-state index contributed by atoms with van der Waals surface area (Å²) >= 11 is 1.84. The molecule has 0 saturated carbocycles. The Morgan fingerprint density at radius 3 is 2.85 bits per heavy atom. The quantitative estimate of drug-likeness (QED) is 0.587. The molecule has 0 atom stereocenters. The second-order valence-electron chi connectivity index (χ2n) is 9.09. The Balaban J connectivity index is 1.18. The van der Waals surface area contributed by atoms with Gasteiger partial charge in [0.1, 0.15) is 5.65 Å². The molecule has 3 aliphatic rings. The van der Waals surface area contributed by atoms with Gasteiger partial charge in [-0.1, -0.05) is 6.08 Å². The molecule has 0 radical (unpaired) electrons. The Morgan fingerprint density at radius 2 is 2.09 bits per heavy atom. The lowest BCUT2D eigenvalue weighted by molar-refractivity contribution is -0.00187. The zero-order chi connectivity index (χ0) is 22.9. The number of aromatic amines is 1. The van der Waals surface area contributed by atoms with Crippen LogP contribution in [-0.2, 0) is 16.0 Å². The third-order valence-corrected chi connectivity index (χ3v) is 7.89. The van der Waals surface area contributed by atoms with Gasteiger partial charge < -0.3 is 24.7 Å². The number of morpholine rings is 1. The lowest BCUT2D eigenvalue weighted by Gasteiger charge is -2.32. The summed E-state index contributed by atoms with van der Waals surface area (Å²) in [5, 5.41) is 4.16. The number of amides is 2. The Bertz CT molecular complexity index is 1210. The van der Waals surface area contributed by atoms with Crippen molar-refractivity contribution >= 4 is 34.0 Å². The molecule has 2 amide bonds. The van der Waals surface area contributed by atoms with Gasteiger partial charge in [0.05, 0.1) is 32.5 Å². The number of aromatic nitrogens is 2. The van der Waals surface area contributed by atoms with Gasteiger partial charge in [0.2, 0.25) is 0 Å². The van der Waals surface area contributed by atoms with Gasteiger partial charge in [0, 0.05) is 71.4 Å². The number of fused-ring (bicyclic) bond motifs is 1. The highest BCUT2D eigenvalue weighted by Gasteiger charge is 2.25. The zero-order valence-corrected chi connectivity index (χ0v) is 19.9. The maximum Gasteiger partial charge on any atom is 0.318 e. The van der Waals surface area contributed by atoms with E-state index in [1.807, 2.05) is 28.6 Å². The molecule has 0 aromatic carbocycles. The fraction of sp³-hybridized carbons (Fsp3) is 0.440. The summed E-state index contributed by atoms with van der Waals surface area (Å²) < 4.78 is 10.6. The van der Waals surface area contributed by atoms with Crippen molar-refractivity contribution in [3.63, 3.8) is 0 Å². The van der Waals surface area contributed by atoms with E-state index in [9.17, 15) is 4.79 Å². The zero-order valence-electron chi connectivity index (χ0n) is 19.1. The van der Waals surface area contributed by atoms with Crippen LogP contribution in [0.3, 0.4) is 0 Å². The van der Waals surface area contributed by atoms with Gasteiger partial charge in [-0.3, -0.25) is 4.90 Å². The molecule has 8 nitrogen and oxygen atoms in total. The maximum absolute atomic E-state index is 12.4. The van der Waals surface area contributed by atoms with Crippen LogP contribution in [0.1, 0.15) is 16.9 Å². The van der Waals surface area contributed by atoms with Crippen LogP contribution < -0.4 is 5.32 Å². The minimum Gasteiger partial charge on any atom is -0.379 e.